The fourth-order valence-electron chi connectivity index (χ4n) is 1.63. The van der Waals surface area contributed by atoms with Crippen LogP contribution in [0.3, 0.4) is 0 Å². The number of hydrogen-bond acceptors (Lipinski definition) is 3. The number of hydrogen-bond donors (Lipinski definition) is 2. The van der Waals surface area contributed by atoms with E-state index in [4.69, 9.17) is 0 Å². The van der Waals surface area contributed by atoms with Crippen LogP contribution in [0.1, 0.15) is 53.4 Å². The van der Waals surface area contributed by atoms with Gasteiger partial charge in [0, 0.05) is 19.1 Å². The van der Waals surface area contributed by atoms with Crippen molar-refractivity contribution in [2.45, 2.75) is 58.9 Å². The maximum absolute atomic E-state index is 12.2. The second-order valence-corrected chi connectivity index (χ2v) is 7.08. The average molecular weight is 293 g/mol. The van der Waals surface area contributed by atoms with Crippen LogP contribution in [0.4, 0.5) is 0 Å². The monoisotopic (exact) mass is 293 g/mol. The van der Waals surface area contributed by atoms with Crippen molar-refractivity contribution in [3.8, 4) is 0 Å². The molecular formula is C13H31N3O2S. The highest BCUT2D eigenvalue weighted by molar-refractivity contribution is 7.87. The predicted octanol–water partition coefficient (Wildman–Crippen LogP) is 1.72. The van der Waals surface area contributed by atoms with E-state index in [2.05, 4.69) is 17.0 Å². The van der Waals surface area contributed by atoms with Gasteiger partial charge in [-0.2, -0.15) is 17.4 Å². The van der Waals surface area contributed by atoms with E-state index >= 15 is 0 Å². The molecule has 0 fully saturated rings. The molecule has 0 aliphatic carbocycles. The molecular weight excluding hydrogens is 262 g/mol. The summed E-state index contributed by atoms with van der Waals surface area (Å²) < 4.78 is 28.6. The average Bonchev–Trinajstić information content (AvgIpc) is 2.37. The Balaban J connectivity index is 4.25. The Morgan fingerprint density at radius 1 is 1.11 bits per heavy atom. The van der Waals surface area contributed by atoms with Crippen molar-refractivity contribution in [2.75, 3.05) is 26.7 Å². The fraction of sp³-hybridized carbons (Fsp3) is 1.00. The molecule has 0 amide bonds. The van der Waals surface area contributed by atoms with Crippen LogP contribution in [0, 0.1) is 0 Å². The summed E-state index contributed by atoms with van der Waals surface area (Å²) in [6.07, 6.45) is 3.50. The normalized spacial score (nSPS) is 13.2. The van der Waals surface area contributed by atoms with Crippen molar-refractivity contribution < 1.29 is 8.42 Å². The first kappa shape index (κ1) is 18.8. The van der Waals surface area contributed by atoms with Crippen molar-refractivity contribution in [3.05, 3.63) is 0 Å². The van der Waals surface area contributed by atoms with Crippen LogP contribution < -0.4 is 10.0 Å². The van der Waals surface area contributed by atoms with Crippen molar-refractivity contribution in [2.24, 2.45) is 0 Å². The highest BCUT2D eigenvalue weighted by Gasteiger charge is 2.28. The Hall–Kier alpha value is -0.170. The molecule has 0 bridgehead atoms. The van der Waals surface area contributed by atoms with Crippen molar-refractivity contribution in [1.82, 2.24) is 14.3 Å². The molecule has 0 unspecified atom stereocenters. The molecule has 0 aliphatic heterocycles. The van der Waals surface area contributed by atoms with Crippen LogP contribution in [0.5, 0.6) is 0 Å². The third-order valence-corrected chi connectivity index (χ3v) is 5.35. The minimum absolute atomic E-state index is 0.354. The highest BCUT2D eigenvalue weighted by Crippen LogP contribution is 2.16. The predicted molar refractivity (Wildman–Crippen MR) is 81.5 cm³/mol. The van der Waals surface area contributed by atoms with Crippen LogP contribution in [0.15, 0.2) is 0 Å². The Labute approximate surface area is 119 Å². The zero-order chi connectivity index (χ0) is 14.9. The van der Waals surface area contributed by atoms with Crippen LogP contribution in [0.2, 0.25) is 0 Å². The van der Waals surface area contributed by atoms with Crippen LogP contribution >= 0.6 is 0 Å². The van der Waals surface area contributed by atoms with E-state index in [-0.39, 0.29) is 5.54 Å². The summed E-state index contributed by atoms with van der Waals surface area (Å²) in [6.45, 7) is 10.4. The smallest absolute Gasteiger partial charge is 0.279 e. The van der Waals surface area contributed by atoms with E-state index in [0.717, 1.165) is 38.8 Å². The van der Waals surface area contributed by atoms with E-state index in [1.54, 1.807) is 7.05 Å². The van der Waals surface area contributed by atoms with Crippen molar-refractivity contribution in [1.29, 1.82) is 0 Å². The minimum atomic E-state index is -3.38. The van der Waals surface area contributed by atoms with Crippen LogP contribution in [0.25, 0.3) is 0 Å². The molecule has 0 heterocycles. The largest absolute Gasteiger partial charge is 0.317 e. The molecule has 0 rings (SSSR count). The first-order valence-corrected chi connectivity index (χ1v) is 8.71. The van der Waals surface area contributed by atoms with E-state index < -0.39 is 10.2 Å². The molecule has 0 aromatic rings. The molecule has 19 heavy (non-hydrogen) atoms. The molecule has 116 valence electrons. The maximum Gasteiger partial charge on any atom is 0.279 e. The van der Waals surface area contributed by atoms with Crippen molar-refractivity contribution >= 4 is 10.2 Å². The van der Waals surface area contributed by atoms with Gasteiger partial charge in [-0.3, -0.25) is 0 Å². The Kier molecular flexibility index (Phi) is 8.81. The number of nitrogens with one attached hydrogen (secondary N) is 2. The maximum atomic E-state index is 12.2. The van der Waals surface area contributed by atoms with Gasteiger partial charge in [0.2, 0.25) is 0 Å². The SMILES string of the molecule is CCCNCCCN(C)S(=O)(=O)NC(C)(CC)CC. The summed E-state index contributed by atoms with van der Waals surface area (Å²) in [5.41, 5.74) is -0.354. The lowest BCUT2D eigenvalue weighted by Gasteiger charge is -2.30. The van der Waals surface area contributed by atoms with Gasteiger partial charge in [0.05, 0.1) is 0 Å². The van der Waals surface area contributed by atoms with Gasteiger partial charge in [-0.1, -0.05) is 20.8 Å². The molecule has 0 saturated heterocycles. The molecule has 0 saturated carbocycles. The lowest BCUT2D eigenvalue weighted by Crippen LogP contribution is -2.50. The van der Waals surface area contributed by atoms with E-state index in [1.165, 1.54) is 4.31 Å². The zero-order valence-electron chi connectivity index (χ0n) is 13.1. The van der Waals surface area contributed by atoms with Gasteiger partial charge >= 0.3 is 0 Å². The van der Waals surface area contributed by atoms with Gasteiger partial charge in [0.25, 0.3) is 10.2 Å². The molecule has 0 aliphatic rings. The standard InChI is InChI=1S/C13H31N3O2S/c1-6-10-14-11-9-12-16(5)19(17,18)15-13(4,7-2)8-3/h14-15H,6-12H2,1-5H3. The lowest BCUT2D eigenvalue weighted by atomic mass is 9.98. The molecule has 2 N–H and O–H groups in total. The molecule has 0 aromatic carbocycles. The first-order chi connectivity index (χ1) is 8.81. The third kappa shape index (κ3) is 7.25. The molecule has 0 radical (unpaired) electrons. The fourth-order valence-corrected chi connectivity index (χ4v) is 3.07. The second-order valence-electron chi connectivity index (χ2n) is 5.30. The highest BCUT2D eigenvalue weighted by atomic mass is 32.2. The van der Waals surface area contributed by atoms with Crippen LogP contribution in [-0.2, 0) is 10.2 Å². The second kappa shape index (κ2) is 8.89. The molecule has 0 aromatic heterocycles. The topological polar surface area (TPSA) is 61.4 Å². The van der Waals surface area contributed by atoms with Gasteiger partial charge < -0.3 is 5.32 Å². The van der Waals surface area contributed by atoms with E-state index in [0.29, 0.717) is 6.54 Å². The minimum Gasteiger partial charge on any atom is -0.317 e. The summed E-state index contributed by atoms with van der Waals surface area (Å²) in [5, 5.41) is 3.27. The first-order valence-electron chi connectivity index (χ1n) is 7.27. The number of nitrogens with zero attached hydrogens (tertiary/aromatic N) is 1. The van der Waals surface area contributed by atoms with Gasteiger partial charge in [0.15, 0.2) is 0 Å². The summed E-state index contributed by atoms with van der Waals surface area (Å²) in [6, 6.07) is 0. The van der Waals surface area contributed by atoms with Gasteiger partial charge in [0.1, 0.15) is 0 Å². The van der Waals surface area contributed by atoms with Gasteiger partial charge in [-0.15, -0.1) is 0 Å². The van der Waals surface area contributed by atoms with E-state index in [1.807, 2.05) is 20.8 Å². The molecule has 0 atom stereocenters. The van der Waals surface area contributed by atoms with Crippen molar-refractivity contribution in [3.63, 3.8) is 0 Å². The van der Waals surface area contributed by atoms with Gasteiger partial charge in [-0.25, -0.2) is 0 Å². The molecule has 6 heteroatoms. The van der Waals surface area contributed by atoms with Crippen LogP contribution in [-0.4, -0.2) is 44.9 Å². The van der Waals surface area contributed by atoms with Gasteiger partial charge in [-0.05, 0) is 45.7 Å². The summed E-state index contributed by atoms with van der Waals surface area (Å²) in [5.74, 6) is 0. The van der Waals surface area contributed by atoms with E-state index in [9.17, 15) is 8.42 Å². The Bertz CT molecular complexity index is 327. The Morgan fingerprint density at radius 2 is 1.68 bits per heavy atom. The summed E-state index contributed by atoms with van der Waals surface area (Å²) in [4.78, 5) is 0. The summed E-state index contributed by atoms with van der Waals surface area (Å²) in [7, 11) is -1.75. The Morgan fingerprint density at radius 3 is 2.16 bits per heavy atom. The molecule has 0 spiro atoms. The molecule has 5 nitrogen and oxygen atoms in total. The number of rotatable bonds is 11. The lowest BCUT2D eigenvalue weighted by molar-refractivity contribution is 0.364. The zero-order valence-corrected chi connectivity index (χ0v) is 13.9. The quantitative estimate of drug-likeness (QED) is 0.570. The third-order valence-electron chi connectivity index (χ3n) is 3.60. The summed E-state index contributed by atoms with van der Waals surface area (Å²) >= 11 is 0.